The van der Waals surface area contributed by atoms with Crippen LogP contribution in [0.2, 0.25) is 10.0 Å². The first kappa shape index (κ1) is 26.1. The van der Waals surface area contributed by atoms with E-state index in [1.165, 1.54) is 12.1 Å². The third-order valence-electron chi connectivity index (χ3n) is 5.58. The van der Waals surface area contributed by atoms with Gasteiger partial charge in [0.1, 0.15) is 11.9 Å². The number of sulfonamides is 1. The van der Waals surface area contributed by atoms with Crippen LogP contribution in [-0.2, 0) is 21.0 Å². The summed E-state index contributed by atoms with van der Waals surface area (Å²) in [6.07, 6.45) is -5.87. The van der Waals surface area contributed by atoms with Crippen LogP contribution in [0.4, 0.5) is 18.9 Å². The summed E-state index contributed by atoms with van der Waals surface area (Å²) in [7, 11) is -4.50. The van der Waals surface area contributed by atoms with Crippen LogP contribution in [0.3, 0.4) is 0 Å². The fourth-order valence-electron chi connectivity index (χ4n) is 3.83. The van der Waals surface area contributed by atoms with Crippen molar-refractivity contribution < 1.29 is 36.2 Å². The Hall–Kier alpha value is -2.95. The van der Waals surface area contributed by atoms with Crippen molar-refractivity contribution in [2.24, 2.45) is 0 Å². The first-order chi connectivity index (χ1) is 16.9. The van der Waals surface area contributed by atoms with E-state index < -0.39 is 38.7 Å². The molecule has 36 heavy (non-hydrogen) atoms. The summed E-state index contributed by atoms with van der Waals surface area (Å²) in [5.41, 5.74) is -0.0269. The van der Waals surface area contributed by atoms with Gasteiger partial charge in [-0.15, -0.1) is 0 Å². The Morgan fingerprint density at radius 1 is 1.08 bits per heavy atom. The van der Waals surface area contributed by atoms with Gasteiger partial charge in [0, 0.05) is 12.0 Å². The zero-order valence-corrected chi connectivity index (χ0v) is 20.6. The molecule has 1 aliphatic heterocycles. The van der Waals surface area contributed by atoms with E-state index in [0.717, 1.165) is 22.5 Å². The van der Waals surface area contributed by atoms with Crippen LogP contribution in [0.15, 0.2) is 65.6 Å². The molecular formula is C24H18Cl2F3NO5S. The van der Waals surface area contributed by atoms with Crippen molar-refractivity contribution in [1.82, 2.24) is 0 Å². The molecule has 0 unspecified atom stereocenters. The van der Waals surface area contributed by atoms with Gasteiger partial charge in [0.15, 0.2) is 0 Å². The van der Waals surface area contributed by atoms with Gasteiger partial charge in [0.05, 0.1) is 32.7 Å². The van der Waals surface area contributed by atoms with Crippen molar-refractivity contribution in [2.45, 2.75) is 30.0 Å². The predicted octanol–water partition coefficient (Wildman–Crippen LogP) is 6.50. The standard InChI is InChI=1S/C24H18Cl2F3NO5S/c25-19-6-2-5-18(23(19)26)14-7-9-21-20(11-14)30(13-16(35-21)8-10-22(31)32)36(33,34)17-4-1-3-15(12-17)24(27,28)29/h1-7,9,11-12,16H,8,10,13H2,(H,31,32)/t16-/m0/s1. The number of anilines is 1. The van der Waals surface area contributed by atoms with Gasteiger partial charge in [-0.2, -0.15) is 13.2 Å². The summed E-state index contributed by atoms with van der Waals surface area (Å²) in [4.78, 5) is 10.5. The maximum absolute atomic E-state index is 13.6. The molecule has 1 heterocycles. The minimum absolute atomic E-state index is 0.00867. The van der Waals surface area contributed by atoms with Crippen LogP contribution in [0.25, 0.3) is 11.1 Å². The van der Waals surface area contributed by atoms with E-state index in [1.807, 2.05) is 0 Å². The molecule has 0 saturated carbocycles. The van der Waals surface area contributed by atoms with Gasteiger partial charge < -0.3 is 9.84 Å². The first-order valence-electron chi connectivity index (χ1n) is 10.5. The zero-order chi connectivity index (χ0) is 26.3. The molecule has 6 nitrogen and oxygen atoms in total. The van der Waals surface area contributed by atoms with E-state index in [2.05, 4.69) is 0 Å². The molecule has 0 bridgehead atoms. The predicted molar refractivity (Wildman–Crippen MR) is 129 cm³/mol. The van der Waals surface area contributed by atoms with E-state index in [9.17, 15) is 26.4 Å². The summed E-state index contributed by atoms with van der Waals surface area (Å²) in [5.74, 6) is -0.961. The highest BCUT2D eigenvalue weighted by Gasteiger charge is 2.37. The molecule has 0 spiro atoms. The van der Waals surface area contributed by atoms with E-state index in [-0.39, 0.29) is 40.9 Å². The van der Waals surface area contributed by atoms with Crippen molar-refractivity contribution >= 4 is 44.9 Å². The van der Waals surface area contributed by atoms with Gasteiger partial charge in [-0.25, -0.2) is 8.42 Å². The lowest BCUT2D eigenvalue weighted by Gasteiger charge is -2.36. The van der Waals surface area contributed by atoms with E-state index >= 15 is 0 Å². The molecule has 4 rings (SSSR count). The van der Waals surface area contributed by atoms with Gasteiger partial charge in [0.2, 0.25) is 0 Å². The van der Waals surface area contributed by atoms with Gasteiger partial charge in [-0.05, 0) is 48.4 Å². The van der Waals surface area contributed by atoms with Crippen molar-refractivity contribution in [1.29, 1.82) is 0 Å². The van der Waals surface area contributed by atoms with Gasteiger partial charge in [0.25, 0.3) is 10.0 Å². The van der Waals surface area contributed by atoms with Crippen LogP contribution in [0.1, 0.15) is 18.4 Å². The Balaban J connectivity index is 1.83. The molecular weight excluding hydrogens is 542 g/mol. The van der Waals surface area contributed by atoms with Gasteiger partial charge in [-0.1, -0.05) is 47.5 Å². The lowest BCUT2D eigenvalue weighted by molar-refractivity contribution is -0.138. The molecule has 0 saturated heterocycles. The Morgan fingerprint density at radius 3 is 2.50 bits per heavy atom. The van der Waals surface area contributed by atoms with Crippen LogP contribution >= 0.6 is 23.2 Å². The normalized spacial score (nSPS) is 15.8. The first-order valence-corrected chi connectivity index (χ1v) is 12.7. The number of rotatable bonds is 6. The number of aliphatic carboxylic acids is 1. The summed E-state index contributed by atoms with van der Waals surface area (Å²) in [5, 5.41) is 9.56. The van der Waals surface area contributed by atoms with Gasteiger partial charge in [-0.3, -0.25) is 9.10 Å². The minimum atomic E-state index is -4.74. The second-order valence-corrected chi connectivity index (χ2v) is 10.7. The average molecular weight is 560 g/mol. The number of fused-ring (bicyclic) bond motifs is 1. The largest absolute Gasteiger partial charge is 0.486 e. The number of nitrogens with zero attached hydrogens (tertiary/aromatic N) is 1. The highest BCUT2D eigenvalue weighted by Crippen LogP contribution is 2.43. The fraction of sp³-hybridized carbons (Fsp3) is 0.208. The molecule has 12 heteroatoms. The molecule has 0 aromatic heterocycles. The summed E-state index contributed by atoms with van der Waals surface area (Å²) >= 11 is 12.4. The molecule has 0 radical (unpaired) electrons. The van der Waals surface area contributed by atoms with Crippen LogP contribution in [0, 0.1) is 0 Å². The number of halogens is 5. The van der Waals surface area contributed by atoms with Crippen LogP contribution in [0.5, 0.6) is 5.75 Å². The summed E-state index contributed by atoms with van der Waals surface area (Å²) in [6, 6.07) is 13.0. The summed E-state index contributed by atoms with van der Waals surface area (Å²) in [6.45, 7) is -0.300. The van der Waals surface area contributed by atoms with Crippen LogP contribution in [-0.4, -0.2) is 32.1 Å². The van der Waals surface area contributed by atoms with Crippen molar-refractivity contribution in [3.05, 3.63) is 76.3 Å². The molecule has 3 aromatic rings. The molecule has 190 valence electrons. The number of carboxylic acids is 1. The number of alkyl halides is 3. The van der Waals surface area contributed by atoms with E-state index in [4.69, 9.17) is 33.0 Å². The lowest BCUT2D eigenvalue weighted by atomic mass is 10.0. The number of hydrogen-bond donors (Lipinski definition) is 1. The average Bonchev–Trinajstić information content (AvgIpc) is 2.83. The van der Waals surface area contributed by atoms with Crippen molar-refractivity contribution in [3.63, 3.8) is 0 Å². The molecule has 1 aliphatic rings. The third kappa shape index (κ3) is 5.25. The Labute approximate surface area is 214 Å². The lowest BCUT2D eigenvalue weighted by Crippen LogP contribution is -2.43. The van der Waals surface area contributed by atoms with Crippen LogP contribution < -0.4 is 9.04 Å². The smallest absolute Gasteiger partial charge is 0.416 e. The maximum atomic E-state index is 13.6. The number of hydrogen-bond acceptors (Lipinski definition) is 4. The fourth-order valence-corrected chi connectivity index (χ4v) is 5.78. The molecule has 0 amide bonds. The number of carboxylic acid groups (broad SMARTS) is 1. The monoisotopic (exact) mass is 559 g/mol. The Morgan fingerprint density at radius 2 is 1.81 bits per heavy atom. The molecule has 3 aromatic carbocycles. The Kier molecular flexibility index (Phi) is 7.14. The molecule has 0 aliphatic carbocycles. The topological polar surface area (TPSA) is 83.9 Å². The third-order valence-corrected chi connectivity index (χ3v) is 8.18. The highest BCUT2D eigenvalue weighted by atomic mass is 35.5. The molecule has 1 N–H and O–H groups in total. The number of benzene rings is 3. The maximum Gasteiger partial charge on any atom is 0.416 e. The van der Waals surface area contributed by atoms with Crippen molar-refractivity contribution in [3.8, 4) is 16.9 Å². The number of ether oxygens (including phenoxy) is 1. The molecule has 0 fully saturated rings. The zero-order valence-electron chi connectivity index (χ0n) is 18.3. The second-order valence-electron chi connectivity index (χ2n) is 8.02. The highest BCUT2D eigenvalue weighted by molar-refractivity contribution is 7.92. The SMILES string of the molecule is O=C(O)CC[C@H]1CN(S(=O)(=O)c2cccc(C(F)(F)F)c2)c2cc(-c3cccc(Cl)c3Cl)ccc2O1. The Bertz CT molecular complexity index is 1430. The van der Waals surface area contributed by atoms with Crippen molar-refractivity contribution in [2.75, 3.05) is 10.8 Å². The quantitative estimate of drug-likeness (QED) is 0.372. The summed E-state index contributed by atoms with van der Waals surface area (Å²) < 4.78 is 73.9. The van der Waals surface area contributed by atoms with E-state index in [0.29, 0.717) is 17.2 Å². The molecule has 1 atom stereocenters. The minimum Gasteiger partial charge on any atom is -0.486 e. The van der Waals surface area contributed by atoms with Gasteiger partial charge >= 0.3 is 12.1 Å². The number of carbonyl (C=O) groups is 1. The second kappa shape index (κ2) is 9.84. The van der Waals surface area contributed by atoms with E-state index in [1.54, 1.807) is 24.3 Å².